The molecule has 1 heterocycles. The van der Waals surface area contributed by atoms with E-state index in [2.05, 4.69) is 15.8 Å². The Morgan fingerprint density at radius 1 is 1.16 bits per heavy atom. The first-order chi connectivity index (χ1) is 12.1. The summed E-state index contributed by atoms with van der Waals surface area (Å²) in [6, 6.07) is 14.5. The standard InChI is InChI=1S/C18H15Cl2N3O2/c19-14-7-6-11(8-15(14)20)9-22-23-18(25)16-13(10-21-17(16)24)12-4-2-1-3-5-12/h1-9,13,16H,10H2,(H,21,24)(H,23,25)/t13-,16-/m0/s1. The number of rotatable bonds is 4. The second kappa shape index (κ2) is 7.68. The fourth-order valence-corrected chi connectivity index (χ4v) is 3.07. The molecule has 2 amide bonds. The maximum absolute atomic E-state index is 12.4. The number of nitrogens with one attached hydrogen (secondary N) is 2. The van der Waals surface area contributed by atoms with E-state index in [1.807, 2.05) is 30.3 Å². The molecule has 2 atom stereocenters. The van der Waals surface area contributed by atoms with Gasteiger partial charge in [0.1, 0.15) is 5.92 Å². The third-order valence-corrected chi connectivity index (χ3v) is 4.76. The van der Waals surface area contributed by atoms with Crippen LogP contribution in [0.4, 0.5) is 0 Å². The third-order valence-electron chi connectivity index (χ3n) is 4.02. The van der Waals surface area contributed by atoms with Crippen molar-refractivity contribution in [2.75, 3.05) is 6.54 Å². The second-order valence-electron chi connectivity index (χ2n) is 5.65. The van der Waals surface area contributed by atoms with Crippen LogP contribution in [0.2, 0.25) is 10.0 Å². The predicted molar refractivity (Wildman–Crippen MR) is 97.9 cm³/mol. The van der Waals surface area contributed by atoms with Crippen LogP contribution < -0.4 is 10.7 Å². The van der Waals surface area contributed by atoms with Crippen molar-refractivity contribution in [2.45, 2.75) is 5.92 Å². The number of hydrogen-bond acceptors (Lipinski definition) is 3. The van der Waals surface area contributed by atoms with Crippen molar-refractivity contribution in [1.29, 1.82) is 0 Å². The summed E-state index contributed by atoms with van der Waals surface area (Å²) in [6.07, 6.45) is 1.45. The van der Waals surface area contributed by atoms with Crippen LogP contribution in [0.5, 0.6) is 0 Å². The summed E-state index contributed by atoms with van der Waals surface area (Å²) in [4.78, 5) is 24.5. The number of hydrazone groups is 1. The lowest BCUT2D eigenvalue weighted by atomic mass is 9.88. The normalized spacial score (nSPS) is 19.8. The smallest absolute Gasteiger partial charge is 0.253 e. The molecular formula is C18H15Cl2N3O2. The van der Waals surface area contributed by atoms with Gasteiger partial charge in [0, 0.05) is 12.5 Å². The molecule has 3 rings (SSSR count). The Labute approximate surface area is 155 Å². The van der Waals surface area contributed by atoms with Crippen molar-refractivity contribution in [3.05, 3.63) is 69.7 Å². The third kappa shape index (κ3) is 4.00. The van der Waals surface area contributed by atoms with Crippen molar-refractivity contribution in [1.82, 2.24) is 10.7 Å². The molecule has 1 aliphatic heterocycles. The highest BCUT2D eigenvalue weighted by Gasteiger charge is 2.40. The van der Waals surface area contributed by atoms with E-state index in [0.717, 1.165) is 5.56 Å². The minimum absolute atomic E-state index is 0.214. The van der Waals surface area contributed by atoms with Crippen LogP contribution in [-0.4, -0.2) is 24.6 Å². The van der Waals surface area contributed by atoms with Gasteiger partial charge in [0.2, 0.25) is 5.91 Å². The van der Waals surface area contributed by atoms with Gasteiger partial charge >= 0.3 is 0 Å². The maximum atomic E-state index is 12.4. The van der Waals surface area contributed by atoms with E-state index in [0.29, 0.717) is 22.2 Å². The average molecular weight is 376 g/mol. The second-order valence-corrected chi connectivity index (χ2v) is 6.46. The zero-order valence-electron chi connectivity index (χ0n) is 13.1. The molecule has 128 valence electrons. The number of hydrogen-bond donors (Lipinski definition) is 2. The van der Waals surface area contributed by atoms with E-state index in [4.69, 9.17) is 23.2 Å². The largest absolute Gasteiger partial charge is 0.355 e. The van der Waals surface area contributed by atoms with Crippen LogP contribution in [0.1, 0.15) is 17.0 Å². The first kappa shape index (κ1) is 17.5. The highest BCUT2D eigenvalue weighted by atomic mass is 35.5. The fourth-order valence-electron chi connectivity index (χ4n) is 2.77. The molecule has 0 unspecified atom stereocenters. The lowest BCUT2D eigenvalue weighted by Gasteiger charge is -2.15. The molecule has 2 aromatic rings. The molecule has 1 saturated heterocycles. The Balaban J connectivity index is 1.69. The van der Waals surface area contributed by atoms with E-state index in [1.165, 1.54) is 6.21 Å². The number of carbonyl (C=O) groups excluding carboxylic acids is 2. The molecule has 0 spiro atoms. The van der Waals surface area contributed by atoms with Gasteiger partial charge in [-0.25, -0.2) is 5.43 Å². The molecule has 0 aliphatic carbocycles. The zero-order chi connectivity index (χ0) is 17.8. The molecule has 0 aromatic heterocycles. The Hall–Kier alpha value is -2.37. The first-order valence-corrected chi connectivity index (χ1v) is 8.42. The minimum atomic E-state index is -0.812. The summed E-state index contributed by atoms with van der Waals surface area (Å²) in [5.41, 5.74) is 4.06. The summed E-state index contributed by atoms with van der Waals surface area (Å²) in [6.45, 7) is 0.428. The Morgan fingerprint density at radius 2 is 1.92 bits per heavy atom. The molecule has 5 nitrogen and oxygen atoms in total. The van der Waals surface area contributed by atoms with Crippen LogP contribution >= 0.6 is 23.2 Å². The van der Waals surface area contributed by atoms with Gasteiger partial charge in [0.25, 0.3) is 5.91 Å². The zero-order valence-corrected chi connectivity index (χ0v) is 14.6. The monoisotopic (exact) mass is 375 g/mol. The van der Waals surface area contributed by atoms with E-state index in [9.17, 15) is 9.59 Å². The fraction of sp³-hybridized carbons (Fsp3) is 0.167. The molecule has 1 aliphatic rings. The molecule has 1 fully saturated rings. The van der Waals surface area contributed by atoms with Crippen LogP contribution in [-0.2, 0) is 9.59 Å². The Kier molecular flexibility index (Phi) is 5.36. The van der Waals surface area contributed by atoms with E-state index < -0.39 is 11.8 Å². The van der Waals surface area contributed by atoms with Gasteiger partial charge in [-0.1, -0.05) is 59.6 Å². The minimum Gasteiger partial charge on any atom is -0.355 e. The number of nitrogens with zero attached hydrogens (tertiary/aromatic N) is 1. The highest BCUT2D eigenvalue weighted by Crippen LogP contribution is 2.29. The summed E-state index contributed by atoms with van der Waals surface area (Å²) >= 11 is 11.8. The van der Waals surface area contributed by atoms with Crippen molar-refractivity contribution in [3.63, 3.8) is 0 Å². The molecule has 0 bridgehead atoms. The van der Waals surface area contributed by atoms with Crippen LogP contribution in [0, 0.1) is 5.92 Å². The van der Waals surface area contributed by atoms with Crippen LogP contribution in [0.15, 0.2) is 53.6 Å². The molecule has 0 radical (unpaired) electrons. The van der Waals surface area contributed by atoms with Crippen LogP contribution in [0.3, 0.4) is 0 Å². The lowest BCUT2D eigenvalue weighted by molar-refractivity contribution is -0.133. The molecule has 7 heteroatoms. The van der Waals surface area contributed by atoms with Gasteiger partial charge in [-0.05, 0) is 23.3 Å². The van der Waals surface area contributed by atoms with Gasteiger partial charge in [0.15, 0.2) is 0 Å². The maximum Gasteiger partial charge on any atom is 0.253 e. The van der Waals surface area contributed by atoms with Gasteiger partial charge in [-0.3, -0.25) is 9.59 Å². The van der Waals surface area contributed by atoms with Crippen molar-refractivity contribution >= 4 is 41.2 Å². The first-order valence-electron chi connectivity index (χ1n) is 7.67. The van der Waals surface area contributed by atoms with Crippen molar-refractivity contribution < 1.29 is 9.59 Å². The summed E-state index contributed by atoms with van der Waals surface area (Å²) in [5.74, 6) is -1.77. The summed E-state index contributed by atoms with van der Waals surface area (Å²) < 4.78 is 0. The molecular weight excluding hydrogens is 361 g/mol. The van der Waals surface area contributed by atoms with E-state index >= 15 is 0 Å². The lowest BCUT2D eigenvalue weighted by Crippen LogP contribution is -2.34. The van der Waals surface area contributed by atoms with Crippen molar-refractivity contribution in [3.8, 4) is 0 Å². The number of carbonyl (C=O) groups is 2. The molecule has 2 N–H and O–H groups in total. The summed E-state index contributed by atoms with van der Waals surface area (Å²) in [5, 5.41) is 7.49. The number of benzene rings is 2. The molecule has 2 aromatic carbocycles. The molecule has 0 saturated carbocycles. The van der Waals surface area contributed by atoms with Gasteiger partial charge < -0.3 is 5.32 Å². The van der Waals surface area contributed by atoms with Gasteiger partial charge in [-0.2, -0.15) is 5.10 Å². The average Bonchev–Trinajstić information content (AvgIpc) is 3.00. The van der Waals surface area contributed by atoms with E-state index in [1.54, 1.807) is 18.2 Å². The topological polar surface area (TPSA) is 70.6 Å². The Bertz CT molecular complexity index is 824. The van der Waals surface area contributed by atoms with Gasteiger partial charge in [0.05, 0.1) is 16.3 Å². The van der Waals surface area contributed by atoms with Crippen LogP contribution in [0.25, 0.3) is 0 Å². The number of halogens is 2. The quantitative estimate of drug-likeness (QED) is 0.489. The van der Waals surface area contributed by atoms with Gasteiger partial charge in [-0.15, -0.1) is 0 Å². The number of amides is 2. The van der Waals surface area contributed by atoms with E-state index in [-0.39, 0.29) is 11.8 Å². The Morgan fingerprint density at radius 3 is 2.64 bits per heavy atom. The predicted octanol–water partition coefficient (Wildman–Crippen LogP) is 2.97. The highest BCUT2D eigenvalue weighted by molar-refractivity contribution is 6.42. The summed E-state index contributed by atoms with van der Waals surface area (Å²) in [7, 11) is 0. The molecule has 25 heavy (non-hydrogen) atoms. The van der Waals surface area contributed by atoms with Crippen molar-refractivity contribution in [2.24, 2.45) is 11.0 Å². The SMILES string of the molecule is O=C1NC[C@@H](c2ccccc2)[C@@H]1C(=O)NN=Cc1ccc(Cl)c(Cl)c1.